The van der Waals surface area contributed by atoms with Crippen molar-refractivity contribution in [2.75, 3.05) is 6.54 Å². The van der Waals surface area contributed by atoms with E-state index in [4.69, 9.17) is 16.6 Å². The quantitative estimate of drug-likeness (QED) is 0.453. The summed E-state index contributed by atoms with van der Waals surface area (Å²) in [4.78, 5) is 20.8. The van der Waals surface area contributed by atoms with Gasteiger partial charge >= 0.3 is 0 Å². The summed E-state index contributed by atoms with van der Waals surface area (Å²) in [5.74, 6) is 1.08. The molecule has 4 rings (SSSR count). The lowest BCUT2D eigenvalue weighted by Crippen LogP contribution is -2.32. The van der Waals surface area contributed by atoms with Gasteiger partial charge in [-0.1, -0.05) is 43.9 Å². The highest BCUT2D eigenvalue weighted by Gasteiger charge is 2.25. The molecule has 6 heteroatoms. The van der Waals surface area contributed by atoms with Crippen molar-refractivity contribution in [2.45, 2.75) is 58.0 Å². The van der Waals surface area contributed by atoms with Crippen LogP contribution in [-0.2, 0) is 6.54 Å². The average Bonchev–Trinajstić information content (AvgIpc) is 3.44. The number of carbonyl (C=O) groups is 1. The molecule has 0 radical (unpaired) electrons. The number of benzene rings is 1. The summed E-state index contributed by atoms with van der Waals surface area (Å²) in [6.07, 6.45) is 6.88. The van der Waals surface area contributed by atoms with Crippen molar-refractivity contribution in [2.24, 2.45) is 0 Å². The molecule has 0 N–H and O–H groups in total. The van der Waals surface area contributed by atoms with Crippen LogP contribution in [0.1, 0.15) is 67.0 Å². The molecule has 28 heavy (non-hydrogen) atoms. The third kappa shape index (κ3) is 3.96. The van der Waals surface area contributed by atoms with Gasteiger partial charge in [-0.3, -0.25) is 4.79 Å². The first-order chi connectivity index (χ1) is 13.7. The second-order valence-corrected chi connectivity index (χ2v) is 8.91. The highest BCUT2D eigenvalue weighted by Crippen LogP contribution is 2.35. The van der Waals surface area contributed by atoms with Crippen molar-refractivity contribution in [3.8, 4) is 0 Å². The zero-order chi connectivity index (χ0) is 19.5. The van der Waals surface area contributed by atoms with E-state index >= 15 is 0 Å². The number of fused-ring (bicyclic) bond motifs is 1. The van der Waals surface area contributed by atoms with Gasteiger partial charge in [0, 0.05) is 17.6 Å². The van der Waals surface area contributed by atoms with Crippen LogP contribution in [0.2, 0.25) is 5.02 Å². The Labute approximate surface area is 175 Å². The van der Waals surface area contributed by atoms with Crippen LogP contribution in [0.4, 0.5) is 0 Å². The lowest BCUT2D eigenvalue weighted by Gasteiger charge is -2.24. The number of halogens is 1. The maximum Gasteiger partial charge on any atom is 0.264 e. The molecule has 1 fully saturated rings. The zero-order valence-corrected chi connectivity index (χ0v) is 17.8. The van der Waals surface area contributed by atoms with E-state index in [1.54, 1.807) is 0 Å². The molecule has 148 valence electrons. The maximum atomic E-state index is 13.1. The molecule has 2 aromatic heterocycles. The predicted octanol–water partition coefficient (Wildman–Crippen LogP) is 6.31. The molecule has 1 amide bonds. The van der Waals surface area contributed by atoms with Crippen molar-refractivity contribution < 1.29 is 4.79 Å². The molecular weight excluding hydrogens is 390 g/mol. The molecule has 4 nitrogen and oxygen atoms in total. The van der Waals surface area contributed by atoms with Gasteiger partial charge in [0.25, 0.3) is 5.91 Å². The van der Waals surface area contributed by atoms with E-state index < -0.39 is 0 Å². The fourth-order valence-electron chi connectivity index (χ4n) is 4.13. The van der Waals surface area contributed by atoms with Gasteiger partial charge in [-0.25, -0.2) is 4.98 Å². The standard InChI is InChI=1S/C22H26ClN3OS/c1-2-3-12-25(22(27)20-9-6-13-28-20)15-21-24-18-11-10-16(23)14-19(18)26(21)17-7-4-5-8-17/h6,9-11,13-14,17H,2-5,7-8,12,15H2,1H3. The maximum absolute atomic E-state index is 13.1. The number of amides is 1. The van der Waals surface area contributed by atoms with Crippen molar-refractivity contribution in [3.63, 3.8) is 0 Å². The lowest BCUT2D eigenvalue weighted by atomic mass is 10.2. The van der Waals surface area contributed by atoms with E-state index in [1.165, 1.54) is 37.0 Å². The fraction of sp³-hybridized carbons (Fsp3) is 0.455. The molecule has 0 atom stereocenters. The van der Waals surface area contributed by atoms with Crippen LogP contribution >= 0.6 is 22.9 Å². The number of unbranched alkanes of at least 4 members (excludes halogenated alkanes) is 1. The summed E-state index contributed by atoms with van der Waals surface area (Å²) in [5.41, 5.74) is 2.05. The third-order valence-electron chi connectivity index (χ3n) is 5.55. The van der Waals surface area contributed by atoms with Gasteiger partial charge in [0.2, 0.25) is 0 Å². The van der Waals surface area contributed by atoms with Gasteiger partial charge in [0.05, 0.1) is 22.5 Å². The molecular formula is C22H26ClN3OS. The monoisotopic (exact) mass is 415 g/mol. The Morgan fingerprint density at radius 3 is 2.86 bits per heavy atom. The van der Waals surface area contributed by atoms with Crippen LogP contribution in [0, 0.1) is 0 Å². The fourth-order valence-corrected chi connectivity index (χ4v) is 4.98. The second-order valence-electron chi connectivity index (χ2n) is 7.53. The Hall–Kier alpha value is -1.85. The molecule has 0 saturated heterocycles. The molecule has 3 aromatic rings. The Balaban J connectivity index is 1.71. The van der Waals surface area contributed by atoms with E-state index in [9.17, 15) is 4.79 Å². The molecule has 1 saturated carbocycles. The highest BCUT2D eigenvalue weighted by molar-refractivity contribution is 7.12. The van der Waals surface area contributed by atoms with Gasteiger partial charge in [0.1, 0.15) is 5.82 Å². The minimum absolute atomic E-state index is 0.103. The molecule has 1 aliphatic carbocycles. The number of imidazole rings is 1. The summed E-state index contributed by atoms with van der Waals surface area (Å²) < 4.78 is 2.36. The molecule has 0 aliphatic heterocycles. The van der Waals surface area contributed by atoms with Gasteiger partial charge < -0.3 is 9.47 Å². The first kappa shape index (κ1) is 19.5. The molecule has 1 aliphatic rings. The van der Waals surface area contributed by atoms with E-state index in [-0.39, 0.29) is 5.91 Å². The summed E-state index contributed by atoms with van der Waals surface area (Å²) in [5, 5.41) is 2.69. The largest absolute Gasteiger partial charge is 0.330 e. The number of hydrogen-bond acceptors (Lipinski definition) is 3. The van der Waals surface area contributed by atoms with Crippen molar-refractivity contribution in [1.29, 1.82) is 0 Å². The van der Waals surface area contributed by atoms with E-state index in [0.29, 0.717) is 12.6 Å². The Bertz CT molecular complexity index is 944. The molecule has 2 heterocycles. The molecule has 0 spiro atoms. The van der Waals surface area contributed by atoms with Crippen molar-refractivity contribution in [1.82, 2.24) is 14.5 Å². The second kappa shape index (κ2) is 8.66. The molecule has 0 unspecified atom stereocenters. The van der Waals surface area contributed by atoms with Gasteiger partial charge in [-0.15, -0.1) is 11.3 Å². The number of thiophene rings is 1. The molecule has 0 bridgehead atoms. The van der Waals surface area contributed by atoms with Gasteiger partial charge in [-0.2, -0.15) is 0 Å². The number of aromatic nitrogens is 2. The summed E-state index contributed by atoms with van der Waals surface area (Å²) in [6, 6.07) is 10.2. The zero-order valence-electron chi connectivity index (χ0n) is 16.2. The van der Waals surface area contributed by atoms with E-state index in [2.05, 4.69) is 11.5 Å². The number of rotatable bonds is 7. The van der Waals surface area contributed by atoms with Gasteiger partial charge in [0.15, 0.2) is 0 Å². The van der Waals surface area contributed by atoms with Crippen LogP contribution in [-0.4, -0.2) is 26.9 Å². The minimum atomic E-state index is 0.103. The first-order valence-corrected chi connectivity index (χ1v) is 11.4. The Morgan fingerprint density at radius 2 is 2.14 bits per heavy atom. The normalized spacial score (nSPS) is 14.8. The highest BCUT2D eigenvalue weighted by atomic mass is 35.5. The van der Waals surface area contributed by atoms with Crippen molar-refractivity contribution in [3.05, 3.63) is 51.4 Å². The predicted molar refractivity (Wildman–Crippen MR) is 116 cm³/mol. The minimum Gasteiger partial charge on any atom is -0.330 e. The van der Waals surface area contributed by atoms with Crippen LogP contribution in [0.25, 0.3) is 11.0 Å². The number of nitrogens with zero attached hydrogens (tertiary/aromatic N) is 3. The molecule has 1 aromatic carbocycles. The van der Waals surface area contributed by atoms with Crippen molar-refractivity contribution >= 4 is 39.9 Å². The first-order valence-electron chi connectivity index (χ1n) is 10.2. The summed E-state index contributed by atoms with van der Waals surface area (Å²) in [7, 11) is 0. The Morgan fingerprint density at radius 1 is 1.32 bits per heavy atom. The van der Waals surface area contributed by atoms with Crippen LogP contribution < -0.4 is 0 Å². The average molecular weight is 416 g/mol. The number of carbonyl (C=O) groups excluding carboxylic acids is 1. The van der Waals surface area contributed by atoms with Gasteiger partial charge in [-0.05, 0) is 48.9 Å². The van der Waals surface area contributed by atoms with Crippen LogP contribution in [0.5, 0.6) is 0 Å². The van der Waals surface area contributed by atoms with Crippen LogP contribution in [0.3, 0.4) is 0 Å². The topological polar surface area (TPSA) is 38.1 Å². The Kier molecular flexibility index (Phi) is 6.02. The number of hydrogen-bond donors (Lipinski definition) is 0. The SMILES string of the molecule is CCCCN(Cc1nc2ccc(Cl)cc2n1C1CCCC1)C(=O)c1cccs1. The third-order valence-corrected chi connectivity index (χ3v) is 6.64. The van der Waals surface area contributed by atoms with Crippen LogP contribution in [0.15, 0.2) is 35.7 Å². The summed E-state index contributed by atoms with van der Waals surface area (Å²) in [6.45, 7) is 3.45. The van der Waals surface area contributed by atoms with E-state index in [0.717, 1.165) is 46.1 Å². The lowest BCUT2D eigenvalue weighted by molar-refractivity contribution is 0.0739. The van der Waals surface area contributed by atoms with E-state index in [1.807, 2.05) is 40.6 Å². The summed E-state index contributed by atoms with van der Waals surface area (Å²) >= 11 is 7.80. The smallest absolute Gasteiger partial charge is 0.264 e.